The van der Waals surface area contributed by atoms with Crippen molar-refractivity contribution in [3.63, 3.8) is 0 Å². The minimum atomic E-state index is 0.420. The van der Waals surface area contributed by atoms with Crippen LogP contribution in [0, 0.1) is 25.2 Å². The summed E-state index contributed by atoms with van der Waals surface area (Å²) in [4.78, 5) is 25.8. The molecule has 68 heavy (non-hydrogen) atoms. The van der Waals surface area contributed by atoms with E-state index in [1.165, 1.54) is 0 Å². The molecule has 10 nitrogen and oxygen atoms in total. The number of rotatable bonds is 5. The number of aromatic nitrogens is 9. The smallest absolute Gasteiger partial charge is 0.145 e. The Balaban J connectivity index is 1.38. The van der Waals surface area contributed by atoms with Gasteiger partial charge in [-0.15, -0.1) is 0 Å². The highest BCUT2D eigenvalue weighted by molar-refractivity contribution is 6.15. The molecule has 0 N–H and O–H groups in total. The van der Waals surface area contributed by atoms with Crippen molar-refractivity contribution >= 4 is 87.7 Å². The maximum Gasteiger partial charge on any atom is 0.145 e. The van der Waals surface area contributed by atoms with Gasteiger partial charge in [-0.25, -0.2) is 19.9 Å². The molecule has 9 heterocycles. The summed E-state index contributed by atoms with van der Waals surface area (Å²) in [5.41, 5.74) is 13.2. The molecule has 0 aliphatic rings. The highest BCUT2D eigenvalue weighted by Crippen LogP contribution is 2.51. The van der Waals surface area contributed by atoms with Crippen LogP contribution < -0.4 is 0 Å². The topological polar surface area (TPSA) is 108 Å². The summed E-state index contributed by atoms with van der Waals surface area (Å²) in [6, 6.07) is 57.3. The van der Waals surface area contributed by atoms with Crippen LogP contribution in [0.2, 0.25) is 0 Å². The molecule has 5 aromatic carbocycles. The van der Waals surface area contributed by atoms with E-state index in [-0.39, 0.29) is 0 Å². The van der Waals surface area contributed by atoms with Gasteiger partial charge < -0.3 is 0 Å². The average Bonchev–Trinajstić information content (AvgIpc) is 4.10. The van der Waals surface area contributed by atoms with Gasteiger partial charge in [0.15, 0.2) is 0 Å². The molecule has 10 heteroatoms. The van der Waals surface area contributed by atoms with Crippen molar-refractivity contribution in [2.24, 2.45) is 0 Å². The molecule has 0 aliphatic carbocycles. The molecule has 0 atom stereocenters. The number of fused-ring (bicyclic) bond motifs is 12. The molecule has 0 saturated carbocycles. The number of pyridine rings is 5. The summed E-state index contributed by atoms with van der Waals surface area (Å²) in [7, 11) is 0. The molecular formula is C58H36N10. The Morgan fingerprint density at radius 2 is 0.691 bits per heavy atom. The predicted molar refractivity (Wildman–Crippen MR) is 272 cm³/mol. The maximum absolute atomic E-state index is 12.5. The number of nitrogens with zero attached hydrogens (tertiary/aromatic N) is 10. The molecule has 9 aromatic heterocycles. The molecule has 0 bridgehead atoms. The van der Waals surface area contributed by atoms with Gasteiger partial charge in [0.25, 0.3) is 0 Å². The molecule has 0 unspecified atom stereocenters. The lowest BCUT2D eigenvalue weighted by atomic mass is 9.93. The van der Waals surface area contributed by atoms with Crippen molar-refractivity contribution in [3.8, 4) is 39.9 Å². The van der Waals surface area contributed by atoms with Gasteiger partial charge in [0.1, 0.15) is 34.2 Å². The third-order valence-corrected chi connectivity index (χ3v) is 13.5. The largest absolute Gasteiger partial charge is 0.292 e. The van der Waals surface area contributed by atoms with Crippen LogP contribution in [-0.4, -0.2) is 43.2 Å². The second-order valence-electron chi connectivity index (χ2n) is 17.3. The number of para-hydroxylation sites is 4. The fourth-order valence-electron chi connectivity index (χ4n) is 11.0. The SMILES string of the molecule is Cc1cc(-c2c(-n3c4ccccc4c4cccnc43)c(C#N)c(-n3c4ccccc4c4cccnc43)c(-n3c4ccccc4c4cccnc43)c2-n2c3ccccc3c3cccnc32)cc(C)n1. The fraction of sp³-hybridized carbons (Fsp3) is 0.0345. The van der Waals surface area contributed by atoms with E-state index in [4.69, 9.17) is 24.9 Å². The summed E-state index contributed by atoms with van der Waals surface area (Å²) in [5.74, 6) is 0. The van der Waals surface area contributed by atoms with Crippen molar-refractivity contribution in [1.82, 2.24) is 43.2 Å². The van der Waals surface area contributed by atoms with Gasteiger partial charge in [-0.3, -0.25) is 23.3 Å². The lowest BCUT2D eigenvalue weighted by Gasteiger charge is -2.28. The van der Waals surface area contributed by atoms with E-state index in [9.17, 15) is 5.26 Å². The van der Waals surface area contributed by atoms with Crippen LogP contribution in [0.4, 0.5) is 0 Å². The monoisotopic (exact) mass is 872 g/mol. The third kappa shape index (κ3) is 5.12. The van der Waals surface area contributed by atoms with Crippen LogP contribution in [0.3, 0.4) is 0 Å². The molecule has 0 radical (unpaired) electrons. The van der Waals surface area contributed by atoms with Gasteiger partial charge in [0, 0.05) is 84.8 Å². The van der Waals surface area contributed by atoms with Crippen LogP contribution in [0.5, 0.6) is 0 Å². The van der Waals surface area contributed by atoms with E-state index in [2.05, 4.69) is 158 Å². The quantitative estimate of drug-likeness (QED) is 0.170. The highest BCUT2D eigenvalue weighted by Gasteiger charge is 2.35. The third-order valence-electron chi connectivity index (χ3n) is 13.5. The van der Waals surface area contributed by atoms with Crippen molar-refractivity contribution in [2.75, 3.05) is 0 Å². The van der Waals surface area contributed by atoms with E-state index in [1.807, 2.05) is 62.9 Å². The first kappa shape index (κ1) is 37.9. The lowest BCUT2D eigenvalue weighted by Crippen LogP contribution is -2.17. The molecule has 14 aromatic rings. The first-order valence-electron chi connectivity index (χ1n) is 22.6. The minimum Gasteiger partial charge on any atom is -0.292 e. The van der Waals surface area contributed by atoms with Crippen LogP contribution in [0.1, 0.15) is 17.0 Å². The Kier molecular flexibility index (Phi) is 7.95. The Bertz CT molecular complexity index is 4270. The van der Waals surface area contributed by atoms with E-state index >= 15 is 0 Å². The molecular weight excluding hydrogens is 837 g/mol. The van der Waals surface area contributed by atoms with Crippen molar-refractivity contribution in [2.45, 2.75) is 13.8 Å². The minimum absolute atomic E-state index is 0.420. The van der Waals surface area contributed by atoms with Crippen molar-refractivity contribution < 1.29 is 0 Å². The number of aryl methyl sites for hydroxylation is 2. The molecule has 0 fully saturated rings. The van der Waals surface area contributed by atoms with E-state index < -0.39 is 0 Å². The second-order valence-corrected chi connectivity index (χ2v) is 17.3. The van der Waals surface area contributed by atoms with E-state index in [0.717, 1.165) is 116 Å². The molecule has 318 valence electrons. The second kappa shape index (κ2) is 14.3. The van der Waals surface area contributed by atoms with Crippen LogP contribution >= 0.6 is 0 Å². The van der Waals surface area contributed by atoms with Crippen LogP contribution in [0.15, 0.2) is 183 Å². The zero-order chi connectivity index (χ0) is 45.2. The normalized spacial score (nSPS) is 12.0. The van der Waals surface area contributed by atoms with Gasteiger partial charge in [-0.1, -0.05) is 72.8 Å². The summed E-state index contributed by atoms with van der Waals surface area (Å²) in [6.45, 7) is 4.06. The average molecular weight is 873 g/mol. The Labute approximate surface area is 387 Å². The highest BCUT2D eigenvalue weighted by atomic mass is 15.2. The van der Waals surface area contributed by atoms with Gasteiger partial charge in [-0.05, 0) is 104 Å². The zero-order valence-electron chi connectivity index (χ0n) is 36.8. The van der Waals surface area contributed by atoms with Crippen LogP contribution in [-0.2, 0) is 0 Å². The molecule has 0 spiro atoms. The van der Waals surface area contributed by atoms with E-state index in [0.29, 0.717) is 22.6 Å². The summed E-state index contributed by atoms with van der Waals surface area (Å²) < 4.78 is 8.97. The predicted octanol–water partition coefficient (Wildman–Crippen LogP) is 13.2. The van der Waals surface area contributed by atoms with Gasteiger partial charge >= 0.3 is 0 Å². The maximum atomic E-state index is 12.5. The van der Waals surface area contributed by atoms with Crippen molar-refractivity contribution in [1.29, 1.82) is 5.26 Å². The van der Waals surface area contributed by atoms with Gasteiger partial charge in [0.2, 0.25) is 0 Å². The number of nitriles is 1. The summed E-state index contributed by atoms with van der Waals surface area (Å²) in [5, 5.41) is 20.5. The molecule has 0 saturated heterocycles. The number of hydrogen-bond donors (Lipinski definition) is 0. The number of hydrogen-bond acceptors (Lipinski definition) is 6. The molecule has 0 aliphatic heterocycles. The molecule has 0 amide bonds. The summed E-state index contributed by atoms with van der Waals surface area (Å²) in [6.07, 6.45) is 7.37. The molecule has 14 rings (SSSR count). The van der Waals surface area contributed by atoms with E-state index in [1.54, 1.807) is 0 Å². The summed E-state index contributed by atoms with van der Waals surface area (Å²) >= 11 is 0. The first-order chi connectivity index (χ1) is 33.6. The van der Waals surface area contributed by atoms with Crippen LogP contribution in [0.25, 0.3) is 122 Å². The fourth-order valence-corrected chi connectivity index (χ4v) is 11.0. The lowest BCUT2D eigenvalue weighted by molar-refractivity contribution is 1.00. The van der Waals surface area contributed by atoms with Gasteiger partial charge in [0.05, 0.1) is 44.8 Å². The standard InChI is InChI=1S/C58H36N10/c1-34-31-36(32-35(2)64-34)50-51(65-46-23-7-3-15-37(46)41-19-11-27-60-55(41)65)45(33-59)52(66-47-24-8-4-16-38(47)42-20-12-28-61-56(42)66)54(68-49-26-10-6-18-40(49)44-22-14-30-63-58(44)68)53(50)67-48-25-9-5-17-39(48)43-21-13-29-62-57(43)67/h3-32H,1-2H3. The Hall–Kier alpha value is -9.46. The zero-order valence-corrected chi connectivity index (χ0v) is 36.8. The number of benzene rings is 5. The van der Waals surface area contributed by atoms with Gasteiger partial charge in [-0.2, -0.15) is 5.26 Å². The Morgan fingerprint density at radius 3 is 1.07 bits per heavy atom. The first-order valence-corrected chi connectivity index (χ1v) is 22.6. The van der Waals surface area contributed by atoms with Crippen molar-refractivity contribution in [3.05, 3.63) is 199 Å². The Morgan fingerprint density at radius 1 is 0.368 bits per heavy atom.